The number of nitro benzene ring substituents is 1. The summed E-state index contributed by atoms with van der Waals surface area (Å²) in [4.78, 5) is 12.5. The highest BCUT2D eigenvalue weighted by molar-refractivity contribution is 5.65. The fourth-order valence-corrected chi connectivity index (χ4v) is 3.40. The summed E-state index contributed by atoms with van der Waals surface area (Å²) in [6.07, 6.45) is 2.65. The fraction of sp³-hybridized carbons (Fsp3) is 0.538. The lowest BCUT2D eigenvalue weighted by atomic mass is 9.98. The van der Waals surface area contributed by atoms with Crippen LogP contribution in [0.4, 0.5) is 15.8 Å². The van der Waals surface area contributed by atoms with Crippen molar-refractivity contribution in [3.63, 3.8) is 0 Å². The molecule has 102 valence electrons. The minimum Gasteiger partial charge on any atom is -0.393 e. The fourth-order valence-electron chi connectivity index (χ4n) is 3.40. The van der Waals surface area contributed by atoms with Crippen molar-refractivity contribution < 1.29 is 14.4 Å². The third-order valence-electron chi connectivity index (χ3n) is 4.12. The van der Waals surface area contributed by atoms with E-state index in [0.29, 0.717) is 18.5 Å². The SMILES string of the molecule is O=[N+]([O-])c1ccc(F)cc1N1C2CCC1CC(O)C2. The molecule has 0 radical (unpaired) electrons. The minimum atomic E-state index is -0.473. The molecule has 0 amide bonds. The Balaban J connectivity index is 2.03. The van der Waals surface area contributed by atoms with Gasteiger partial charge in [0.15, 0.2) is 0 Å². The maximum atomic E-state index is 13.4. The Kier molecular flexibility index (Phi) is 2.89. The van der Waals surface area contributed by atoms with Crippen molar-refractivity contribution >= 4 is 11.4 Å². The van der Waals surface area contributed by atoms with Crippen LogP contribution in [0.2, 0.25) is 0 Å². The van der Waals surface area contributed by atoms with Gasteiger partial charge in [-0.1, -0.05) is 0 Å². The number of anilines is 1. The Labute approximate surface area is 109 Å². The molecule has 5 nitrogen and oxygen atoms in total. The molecule has 2 aliphatic heterocycles. The summed E-state index contributed by atoms with van der Waals surface area (Å²) in [6.45, 7) is 0. The van der Waals surface area contributed by atoms with Crippen molar-refractivity contribution in [2.24, 2.45) is 0 Å². The summed E-state index contributed by atoms with van der Waals surface area (Å²) >= 11 is 0. The van der Waals surface area contributed by atoms with Gasteiger partial charge in [-0.25, -0.2) is 4.39 Å². The maximum absolute atomic E-state index is 13.4. The van der Waals surface area contributed by atoms with Crippen molar-refractivity contribution in [2.75, 3.05) is 4.90 Å². The second-order valence-corrected chi connectivity index (χ2v) is 5.31. The van der Waals surface area contributed by atoms with Crippen molar-refractivity contribution in [3.05, 3.63) is 34.1 Å². The number of benzene rings is 1. The second kappa shape index (κ2) is 4.45. The largest absolute Gasteiger partial charge is 0.393 e. The topological polar surface area (TPSA) is 66.6 Å². The van der Waals surface area contributed by atoms with Crippen molar-refractivity contribution in [3.8, 4) is 0 Å². The van der Waals surface area contributed by atoms with E-state index in [1.807, 2.05) is 4.90 Å². The molecule has 19 heavy (non-hydrogen) atoms. The quantitative estimate of drug-likeness (QED) is 0.658. The van der Waals surface area contributed by atoms with E-state index in [2.05, 4.69) is 0 Å². The number of nitrogens with zero attached hydrogens (tertiary/aromatic N) is 2. The zero-order valence-electron chi connectivity index (χ0n) is 10.3. The summed E-state index contributed by atoms with van der Waals surface area (Å²) < 4.78 is 13.4. The van der Waals surface area contributed by atoms with Crippen LogP contribution >= 0.6 is 0 Å². The molecule has 2 unspecified atom stereocenters. The van der Waals surface area contributed by atoms with Crippen molar-refractivity contribution in [1.29, 1.82) is 0 Å². The van der Waals surface area contributed by atoms with Crippen LogP contribution in [-0.4, -0.2) is 28.2 Å². The van der Waals surface area contributed by atoms with Crippen LogP contribution in [0.5, 0.6) is 0 Å². The molecule has 6 heteroatoms. The average Bonchev–Trinajstić information content (AvgIpc) is 2.61. The first-order valence-corrected chi connectivity index (χ1v) is 6.46. The zero-order chi connectivity index (χ0) is 13.6. The predicted octanol–water partition coefficient (Wildman–Crippen LogP) is 2.23. The first-order chi connectivity index (χ1) is 9.06. The highest BCUT2D eigenvalue weighted by atomic mass is 19.1. The van der Waals surface area contributed by atoms with E-state index in [-0.39, 0.29) is 23.9 Å². The number of fused-ring (bicyclic) bond motifs is 2. The third kappa shape index (κ3) is 2.06. The maximum Gasteiger partial charge on any atom is 0.292 e. The monoisotopic (exact) mass is 266 g/mol. The molecular weight excluding hydrogens is 251 g/mol. The number of piperidine rings is 1. The lowest BCUT2D eigenvalue weighted by Gasteiger charge is -2.38. The Morgan fingerprint density at radius 1 is 1.32 bits per heavy atom. The standard InChI is InChI=1S/C13H15FN2O3/c14-8-1-4-12(16(18)19)13(5-8)15-9-2-3-10(15)7-11(17)6-9/h1,4-5,9-11,17H,2-3,6-7H2. The van der Waals surface area contributed by atoms with Gasteiger partial charge in [-0.05, 0) is 31.7 Å². The molecule has 2 heterocycles. The number of hydrogen-bond acceptors (Lipinski definition) is 4. The molecule has 1 N–H and O–H groups in total. The van der Waals surface area contributed by atoms with E-state index in [9.17, 15) is 19.6 Å². The van der Waals surface area contributed by atoms with E-state index in [1.54, 1.807) is 0 Å². The Morgan fingerprint density at radius 2 is 1.95 bits per heavy atom. The molecular formula is C13H15FN2O3. The molecule has 2 atom stereocenters. The Bertz CT molecular complexity index is 509. The van der Waals surface area contributed by atoms with Gasteiger partial charge in [0, 0.05) is 24.2 Å². The highest BCUT2D eigenvalue weighted by Gasteiger charge is 2.42. The third-order valence-corrected chi connectivity index (χ3v) is 4.12. The first-order valence-electron chi connectivity index (χ1n) is 6.46. The van der Waals surface area contributed by atoms with Crippen LogP contribution in [0.15, 0.2) is 18.2 Å². The number of aliphatic hydroxyl groups excluding tert-OH is 1. The summed E-state index contributed by atoms with van der Waals surface area (Å²) in [5.41, 5.74) is 0.291. The van der Waals surface area contributed by atoms with Gasteiger partial charge in [0.25, 0.3) is 5.69 Å². The summed E-state index contributed by atoms with van der Waals surface area (Å²) in [6, 6.07) is 3.72. The molecule has 0 aliphatic carbocycles. The normalized spacial score (nSPS) is 29.6. The average molecular weight is 266 g/mol. The molecule has 1 aromatic carbocycles. The van der Waals surface area contributed by atoms with Crippen LogP contribution in [0, 0.1) is 15.9 Å². The molecule has 2 bridgehead atoms. The van der Waals surface area contributed by atoms with Gasteiger partial charge in [-0.3, -0.25) is 10.1 Å². The predicted molar refractivity (Wildman–Crippen MR) is 67.6 cm³/mol. The zero-order valence-corrected chi connectivity index (χ0v) is 10.3. The lowest BCUT2D eigenvalue weighted by molar-refractivity contribution is -0.384. The van der Waals surface area contributed by atoms with Gasteiger partial charge in [-0.15, -0.1) is 0 Å². The summed E-state index contributed by atoms with van der Waals surface area (Å²) in [5.74, 6) is -0.467. The van der Waals surface area contributed by atoms with E-state index >= 15 is 0 Å². The first kappa shape index (κ1) is 12.3. The Hall–Kier alpha value is -1.69. The summed E-state index contributed by atoms with van der Waals surface area (Å²) in [7, 11) is 0. The Morgan fingerprint density at radius 3 is 2.53 bits per heavy atom. The summed E-state index contributed by atoms with van der Waals surface area (Å²) in [5, 5.41) is 20.8. The van der Waals surface area contributed by atoms with Gasteiger partial charge < -0.3 is 10.0 Å². The van der Waals surface area contributed by atoms with E-state index < -0.39 is 10.7 Å². The van der Waals surface area contributed by atoms with Gasteiger partial charge in [-0.2, -0.15) is 0 Å². The second-order valence-electron chi connectivity index (χ2n) is 5.31. The smallest absolute Gasteiger partial charge is 0.292 e. The van der Waals surface area contributed by atoms with Crippen LogP contribution in [0.3, 0.4) is 0 Å². The molecule has 0 saturated carbocycles. The van der Waals surface area contributed by atoms with Gasteiger partial charge in [0.05, 0.1) is 11.0 Å². The van der Waals surface area contributed by atoms with E-state index in [0.717, 1.165) is 18.9 Å². The van der Waals surface area contributed by atoms with Crippen molar-refractivity contribution in [1.82, 2.24) is 0 Å². The molecule has 2 saturated heterocycles. The van der Waals surface area contributed by atoms with Gasteiger partial charge >= 0.3 is 0 Å². The number of aliphatic hydroxyl groups is 1. The van der Waals surface area contributed by atoms with E-state index in [4.69, 9.17) is 0 Å². The molecule has 2 fully saturated rings. The molecule has 0 spiro atoms. The molecule has 2 aliphatic rings. The molecule has 0 aromatic heterocycles. The lowest BCUT2D eigenvalue weighted by Crippen LogP contribution is -2.45. The van der Waals surface area contributed by atoms with Gasteiger partial charge in [0.1, 0.15) is 11.5 Å². The minimum absolute atomic E-state index is 0.0605. The highest BCUT2D eigenvalue weighted by Crippen LogP contribution is 2.42. The van der Waals surface area contributed by atoms with Crippen LogP contribution in [-0.2, 0) is 0 Å². The number of rotatable bonds is 2. The van der Waals surface area contributed by atoms with Crippen molar-refractivity contribution in [2.45, 2.75) is 43.9 Å². The van der Waals surface area contributed by atoms with E-state index in [1.165, 1.54) is 12.1 Å². The number of hydrogen-bond donors (Lipinski definition) is 1. The number of nitro groups is 1. The molecule has 1 aromatic rings. The number of halogens is 1. The van der Waals surface area contributed by atoms with Crippen LogP contribution < -0.4 is 4.90 Å². The van der Waals surface area contributed by atoms with Crippen LogP contribution in [0.1, 0.15) is 25.7 Å². The van der Waals surface area contributed by atoms with Crippen LogP contribution in [0.25, 0.3) is 0 Å². The molecule has 3 rings (SSSR count). The van der Waals surface area contributed by atoms with Gasteiger partial charge in [0.2, 0.25) is 0 Å².